The van der Waals surface area contributed by atoms with E-state index in [0.29, 0.717) is 17.8 Å². The summed E-state index contributed by atoms with van der Waals surface area (Å²) in [5.74, 6) is -4.03. The number of rotatable bonds is 4. The molecule has 2 aromatic rings. The highest BCUT2D eigenvalue weighted by Crippen LogP contribution is 2.23. The SMILES string of the molecule is CNc1ccc(S(=O)(=O)Nc2cc(F)cc(F)c2F)cc1. The molecule has 0 fully saturated rings. The molecule has 21 heavy (non-hydrogen) atoms. The molecule has 0 heterocycles. The topological polar surface area (TPSA) is 58.2 Å². The molecule has 0 aliphatic rings. The van der Waals surface area contributed by atoms with Crippen molar-refractivity contribution >= 4 is 21.4 Å². The first-order valence-electron chi connectivity index (χ1n) is 5.78. The van der Waals surface area contributed by atoms with E-state index < -0.39 is 33.2 Å². The van der Waals surface area contributed by atoms with Gasteiger partial charge in [0.2, 0.25) is 0 Å². The second-order valence-electron chi connectivity index (χ2n) is 4.13. The number of anilines is 2. The Kier molecular flexibility index (Phi) is 4.08. The number of hydrogen-bond acceptors (Lipinski definition) is 3. The monoisotopic (exact) mass is 316 g/mol. The first kappa shape index (κ1) is 15.2. The first-order valence-corrected chi connectivity index (χ1v) is 7.27. The van der Waals surface area contributed by atoms with Crippen LogP contribution in [0.25, 0.3) is 0 Å². The van der Waals surface area contributed by atoms with Crippen molar-refractivity contribution in [3.8, 4) is 0 Å². The maximum atomic E-state index is 13.5. The van der Waals surface area contributed by atoms with Gasteiger partial charge < -0.3 is 5.32 Å². The third-order valence-electron chi connectivity index (χ3n) is 2.69. The molecule has 112 valence electrons. The smallest absolute Gasteiger partial charge is 0.261 e. The Morgan fingerprint density at radius 1 is 1.00 bits per heavy atom. The van der Waals surface area contributed by atoms with E-state index in [1.165, 1.54) is 24.3 Å². The highest BCUT2D eigenvalue weighted by atomic mass is 32.2. The number of nitrogens with one attached hydrogen (secondary N) is 2. The van der Waals surface area contributed by atoms with Crippen molar-refractivity contribution in [3.05, 3.63) is 53.8 Å². The lowest BCUT2D eigenvalue weighted by atomic mass is 10.3. The average molecular weight is 316 g/mol. The molecule has 0 amide bonds. The van der Waals surface area contributed by atoms with Crippen LogP contribution in [0.2, 0.25) is 0 Å². The van der Waals surface area contributed by atoms with E-state index in [4.69, 9.17) is 0 Å². The third-order valence-corrected chi connectivity index (χ3v) is 4.07. The fourth-order valence-corrected chi connectivity index (χ4v) is 2.68. The van der Waals surface area contributed by atoms with Gasteiger partial charge in [-0.15, -0.1) is 0 Å². The quantitative estimate of drug-likeness (QED) is 0.853. The Bertz CT molecular complexity index is 762. The molecule has 2 N–H and O–H groups in total. The first-order chi connectivity index (χ1) is 9.83. The molecule has 0 unspecified atom stereocenters. The molecule has 0 spiro atoms. The van der Waals surface area contributed by atoms with Crippen molar-refractivity contribution in [2.75, 3.05) is 17.1 Å². The van der Waals surface area contributed by atoms with Crippen LogP contribution < -0.4 is 10.0 Å². The van der Waals surface area contributed by atoms with Crippen LogP contribution in [0.1, 0.15) is 0 Å². The van der Waals surface area contributed by atoms with Gasteiger partial charge in [-0.1, -0.05) is 0 Å². The van der Waals surface area contributed by atoms with Crippen molar-refractivity contribution in [1.29, 1.82) is 0 Å². The standard InChI is InChI=1S/C13H11F3N2O2S/c1-17-9-2-4-10(5-3-9)21(19,20)18-12-7-8(14)6-11(15)13(12)16/h2-7,17-18H,1H3. The third kappa shape index (κ3) is 3.27. The number of sulfonamides is 1. The molecule has 4 nitrogen and oxygen atoms in total. The van der Waals surface area contributed by atoms with Crippen molar-refractivity contribution in [1.82, 2.24) is 0 Å². The Morgan fingerprint density at radius 2 is 1.62 bits per heavy atom. The van der Waals surface area contributed by atoms with Crippen LogP contribution >= 0.6 is 0 Å². The lowest BCUT2D eigenvalue weighted by Gasteiger charge is -2.10. The van der Waals surface area contributed by atoms with Crippen LogP contribution in [-0.2, 0) is 10.0 Å². The molecule has 0 radical (unpaired) electrons. The van der Waals surface area contributed by atoms with Gasteiger partial charge in [0.25, 0.3) is 10.0 Å². The maximum Gasteiger partial charge on any atom is 0.261 e. The molecule has 8 heteroatoms. The summed E-state index contributed by atoms with van der Waals surface area (Å²) in [5.41, 5.74) is -0.109. The molecule has 0 bridgehead atoms. The summed E-state index contributed by atoms with van der Waals surface area (Å²) in [6.07, 6.45) is 0. The summed E-state index contributed by atoms with van der Waals surface area (Å²) >= 11 is 0. The lowest BCUT2D eigenvalue weighted by Crippen LogP contribution is -2.14. The molecular formula is C13H11F3N2O2S. The van der Waals surface area contributed by atoms with Crippen LogP contribution in [0.5, 0.6) is 0 Å². The Hall–Kier alpha value is -2.22. The van der Waals surface area contributed by atoms with Gasteiger partial charge in [-0.2, -0.15) is 0 Å². The van der Waals surface area contributed by atoms with Crippen LogP contribution in [-0.4, -0.2) is 15.5 Å². The zero-order valence-electron chi connectivity index (χ0n) is 10.8. The van der Waals surface area contributed by atoms with Crippen molar-refractivity contribution in [3.63, 3.8) is 0 Å². The summed E-state index contributed by atoms with van der Waals surface area (Å²) in [4.78, 5) is -0.162. The Morgan fingerprint density at radius 3 is 2.19 bits per heavy atom. The van der Waals surface area contributed by atoms with E-state index in [0.717, 1.165) is 0 Å². The van der Waals surface area contributed by atoms with Crippen LogP contribution in [0.4, 0.5) is 24.5 Å². The van der Waals surface area contributed by atoms with Crippen molar-refractivity contribution < 1.29 is 21.6 Å². The minimum absolute atomic E-state index is 0.162. The molecular weight excluding hydrogens is 305 g/mol. The van der Waals surface area contributed by atoms with Gasteiger partial charge in [0, 0.05) is 24.9 Å². The van der Waals surface area contributed by atoms with Crippen molar-refractivity contribution in [2.24, 2.45) is 0 Å². The van der Waals surface area contributed by atoms with Gasteiger partial charge >= 0.3 is 0 Å². The zero-order chi connectivity index (χ0) is 15.6. The normalized spacial score (nSPS) is 11.2. The van der Waals surface area contributed by atoms with Crippen LogP contribution in [0.15, 0.2) is 41.3 Å². The summed E-state index contributed by atoms with van der Waals surface area (Å²) in [6, 6.07) is 6.45. The van der Waals surface area contributed by atoms with Crippen molar-refractivity contribution in [2.45, 2.75) is 4.90 Å². The zero-order valence-corrected chi connectivity index (χ0v) is 11.6. The maximum absolute atomic E-state index is 13.5. The average Bonchev–Trinajstić information content (AvgIpc) is 2.44. The lowest BCUT2D eigenvalue weighted by molar-refractivity contribution is 0.498. The second-order valence-corrected chi connectivity index (χ2v) is 5.81. The molecule has 0 aromatic heterocycles. The largest absolute Gasteiger partial charge is 0.388 e. The minimum atomic E-state index is -4.15. The van der Waals surface area contributed by atoms with Gasteiger partial charge in [0.1, 0.15) is 5.82 Å². The Labute approximate surface area is 119 Å². The van der Waals surface area contributed by atoms with Gasteiger partial charge in [0.15, 0.2) is 11.6 Å². The van der Waals surface area contributed by atoms with E-state index in [1.807, 2.05) is 4.72 Å². The summed E-state index contributed by atoms with van der Waals surface area (Å²) < 4.78 is 65.4. The second kappa shape index (κ2) is 5.65. The van der Waals surface area contributed by atoms with Gasteiger partial charge in [-0.05, 0) is 24.3 Å². The van der Waals surface area contributed by atoms with Crippen LogP contribution in [0, 0.1) is 17.5 Å². The van der Waals surface area contributed by atoms with E-state index in [1.54, 1.807) is 7.05 Å². The van der Waals surface area contributed by atoms with Crippen LogP contribution in [0.3, 0.4) is 0 Å². The fourth-order valence-electron chi connectivity index (χ4n) is 1.63. The van der Waals surface area contributed by atoms with E-state index in [2.05, 4.69) is 5.32 Å². The van der Waals surface area contributed by atoms with Gasteiger partial charge in [-0.25, -0.2) is 21.6 Å². The molecule has 2 aromatic carbocycles. The number of halogens is 3. The minimum Gasteiger partial charge on any atom is -0.388 e. The number of hydrogen-bond donors (Lipinski definition) is 2. The summed E-state index contributed by atoms with van der Waals surface area (Å²) in [7, 11) is -2.49. The summed E-state index contributed by atoms with van der Waals surface area (Å²) in [5, 5.41) is 2.80. The predicted octanol–water partition coefficient (Wildman–Crippen LogP) is 2.95. The molecule has 2 rings (SSSR count). The van der Waals surface area contributed by atoms with E-state index in [9.17, 15) is 21.6 Å². The molecule has 0 aliphatic carbocycles. The van der Waals surface area contributed by atoms with E-state index >= 15 is 0 Å². The molecule has 0 saturated carbocycles. The Balaban J connectivity index is 2.37. The highest BCUT2D eigenvalue weighted by Gasteiger charge is 2.19. The number of benzene rings is 2. The van der Waals surface area contributed by atoms with Gasteiger partial charge in [0.05, 0.1) is 10.6 Å². The molecule has 0 aliphatic heterocycles. The summed E-state index contributed by atoms with van der Waals surface area (Å²) in [6.45, 7) is 0. The fraction of sp³-hybridized carbons (Fsp3) is 0.0769. The molecule has 0 saturated heterocycles. The van der Waals surface area contributed by atoms with Gasteiger partial charge in [-0.3, -0.25) is 4.72 Å². The van der Waals surface area contributed by atoms with E-state index in [-0.39, 0.29) is 4.90 Å². The molecule has 0 atom stereocenters. The predicted molar refractivity (Wildman–Crippen MR) is 73.1 cm³/mol. The highest BCUT2D eigenvalue weighted by molar-refractivity contribution is 7.92.